The zero-order chi connectivity index (χ0) is 14.4. The van der Waals surface area contributed by atoms with Crippen LogP contribution in [0.5, 0.6) is 0 Å². The Morgan fingerprint density at radius 2 is 2.00 bits per heavy atom. The summed E-state index contributed by atoms with van der Waals surface area (Å²) in [4.78, 5) is 8.91. The minimum Gasteiger partial charge on any atom is -0.305 e. The fourth-order valence-electron chi connectivity index (χ4n) is 2.23. The Balaban J connectivity index is 2.32. The fraction of sp³-hybridized carbons (Fsp3) is 0.412. The van der Waals surface area contributed by atoms with Crippen LogP contribution in [0.3, 0.4) is 0 Å². The first kappa shape index (κ1) is 14.7. The summed E-state index contributed by atoms with van der Waals surface area (Å²) in [7, 11) is 0. The Hall–Kier alpha value is -1.74. The molecule has 0 saturated carbocycles. The van der Waals surface area contributed by atoms with Gasteiger partial charge >= 0.3 is 0 Å². The molecule has 1 heterocycles. The van der Waals surface area contributed by atoms with Crippen molar-refractivity contribution < 1.29 is 0 Å². The van der Waals surface area contributed by atoms with Gasteiger partial charge in [-0.25, -0.2) is 0 Å². The third-order valence-corrected chi connectivity index (χ3v) is 3.39. The van der Waals surface area contributed by atoms with Crippen molar-refractivity contribution >= 4 is 0 Å². The Kier molecular flexibility index (Phi) is 5.24. The molecular weight excluding hydrogens is 246 g/mol. The largest absolute Gasteiger partial charge is 0.305 e. The van der Waals surface area contributed by atoms with Crippen LogP contribution in [-0.4, -0.2) is 16.5 Å². The maximum absolute atomic E-state index is 4.54. The Labute approximate surface area is 121 Å². The van der Waals surface area contributed by atoms with Gasteiger partial charge in [-0.2, -0.15) is 0 Å². The van der Waals surface area contributed by atoms with Gasteiger partial charge in [0.2, 0.25) is 0 Å². The van der Waals surface area contributed by atoms with Crippen molar-refractivity contribution in [3.8, 4) is 0 Å². The smallest absolute Gasteiger partial charge is 0.0801 e. The van der Waals surface area contributed by atoms with Crippen LogP contribution in [0.4, 0.5) is 0 Å². The van der Waals surface area contributed by atoms with Crippen LogP contribution in [0.1, 0.15) is 48.8 Å². The van der Waals surface area contributed by atoms with Crippen LogP contribution < -0.4 is 5.32 Å². The van der Waals surface area contributed by atoms with E-state index in [1.165, 1.54) is 11.1 Å². The summed E-state index contributed by atoms with van der Waals surface area (Å²) in [6, 6.07) is 8.83. The molecule has 2 aromatic rings. The van der Waals surface area contributed by atoms with Crippen molar-refractivity contribution in [2.24, 2.45) is 0 Å². The first-order valence-electron chi connectivity index (χ1n) is 7.35. The van der Waals surface area contributed by atoms with Gasteiger partial charge in [-0.3, -0.25) is 9.97 Å². The zero-order valence-corrected chi connectivity index (χ0v) is 12.6. The summed E-state index contributed by atoms with van der Waals surface area (Å²) in [6.45, 7) is 7.28. The van der Waals surface area contributed by atoms with Gasteiger partial charge in [-0.1, -0.05) is 38.1 Å². The third kappa shape index (κ3) is 3.64. The third-order valence-electron chi connectivity index (χ3n) is 3.39. The van der Waals surface area contributed by atoms with Crippen LogP contribution in [0, 0.1) is 6.92 Å². The van der Waals surface area contributed by atoms with E-state index in [2.05, 4.69) is 53.4 Å². The summed E-state index contributed by atoms with van der Waals surface area (Å²) in [5.41, 5.74) is 4.55. The van der Waals surface area contributed by atoms with Gasteiger partial charge in [0.25, 0.3) is 0 Å². The Bertz CT molecular complexity index is 534. The SMILES string of the molecule is CCCNC(c1cccc(CC)c1)c1cnc(C)cn1. The standard InChI is InChI=1S/C17H23N3/c1-4-9-18-17(16-12-19-13(3)11-20-16)15-8-6-7-14(5-2)10-15/h6-8,10-12,17-18H,4-5,9H2,1-3H3. The molecule has 0 spiro atoms. The molecule has 0 saturated heterocycles. The molecule has 3 heteroatoms. The van der Waals surface area contributed by atoms with Crippen LogP contribution in [0.2, 0.25) is 0 Å². The molecule has 0 aliphatic carbocycles. The van der Waals surface area contributed by atoms with E-state index in [1.807, 2.05) is 19.3 Å². The molecule has 0 aliphatic rings. The molecule has 20 heavy (non-hydrogen) atoms. The maximum Gasteiger partial charge on any atom is 0.0801 e. The number of hydrogen-bond acceptors (Lipinski definition) is 3. The minimum atomic E-state index is 0.120. The second-order valence-electron chi connectivity index (χ2n) is 5.07. The van der Waals surface area contributed by atoms with E-state index in [0.29, 0.717) is 0 Å². The van der Waals surface area contributed by atoms with E-state index >= 15 is 0 Å². The van der Waals surface area contributed by atoms with E-state index in [9.17, 15) is 0 Å². The lowest BCUT2D eigenvalue weighted by Gasteiger charge is -2.19. The molecule has 1 N–H and O–H groups in total. The molecule has 0 amide bonds. The van der Waals surface area contributed by atoms with E-state index < -0.39 is 0 Å². The topological polar surface area (TPSA) is 37.8 Å². The second-order valence-corrected chi connectivity index (χ2v) is 5.07. The lowest BCUT2D eigenvalue weighted by Crippen LogP contribution is -2.24. The van der Waals surface area contributed by atoms with Gasteiger partial charge < -0.3 is 5.32 Å². The number of nitrogens with zero attached hydrogens (tertiary/aromatic N) is 2. The molecule has 1 aromatic heterocycles. The Morgan fingerprint density at radius 1 is 1.15 bits per heavy atom. The molecule has 0 radical (unpaired) electrons. The van der Waals surface area contributed by atoms with Crippen molar-refractivity contribution in [3.05, 3.63) is 59.2 Å². The van der Waals surface area contributed by atoms with Gasteiger partial charge in [0.1, 0.15) is 0 Å². The maximum atomic E-state index is 4.54. The number of rotatable bonds is 6. The number of hydrogen-bond donors (Lipinski definition) is 1. The Morgan fingerprint density at radius 3 is 2.65 bits per heavy atom. The second kappa shape index (κ2) is 7.15. The van der Waals surface area contributed by atoms with Crippen molar-refractivity contribution in [2.75, 3.05) is 6.54 Å². The van der Waals surface area contributed by atoms with Gasteiger partial charge in [0.05, 0.1) is 23.6 Å². The highest BCUT2D eigenvalue weighted by Crippen LogP contribution is 2.21. The van der Waals surface area contributed by atoms with Gasteiger partial charge in [-0.15, -0.1) is 0 Å². The normalized spacial score (nSPS) is 12.3. The van der Waals surface area contributed by atoms with E-state index in [0.717, 1.165) is 30.8 Å². The van der Waals surface area contributed by atoms with Crippen molar-refractivity contribution in [3.63, 3.8) is 0 Å². The van der Waals surface area contributed by atoms with E-state index in [-0.39, 0.29) is 6.04 Å². The summed E-state index contributed by atoms with van der Waals surface area (Å²) in [6.07, 6.45) is 5.86. The van der Waals surface area contributed by atoms with Crippen LogP contribution >= 0.6 is 0 Å². The van der Waals surface area contributed by atoms with Crippen LogP contribution in [-0.2, 0) is 6.42 Å². The molecule has 1 unspecified atom stereocenters. The average molecular weight is 269 g/mol. The van der Waals surface area contributed by atoms with Crippen molar-refractivity contribution in [2.45, 2.75) is 39.7 Å². The van der Waals surface area contributed by atoms with E-state index in [4.69, 9.17) is 0 Å². The predicted octanol–water partition coefficient (Wildman–Crippen LogP) is 3.44. The molecule has 2 rings (SSSR count). The van der Waals surface area contributed by atoms with Gasteiger partial charge in [-0.05, 0) is 37.4 Å². The van der Waals surface area contributed by atoms with Crippen molar-refractivity contribution in [1.29, 1.82) is 0 Å². The number of benzene rings is 1. The molecule has 0 bridgehead atoms. The number of nitrogens with one attached hydrogen (secondary N) is 1. The zero-order valence-electron chi connectivity index (χ0n) is 12.6. The summed E-state index contributed by atoms with van der Waals surface area (Å²) >= 11 is 0. The quantitative estimate of drug-likeness (QED) is 0.873. The highest BCUT2D eigenvalue weighted by atomic mass is 14.9. The number of aryl methyl sites for hydroxylation is 2. The summed E-state index contributed by atoms with van der Waals surface area (Å²) < 4.78 is 0. The van der Waals surface area contributed by atoms with Crippen LogP contribution in [0.25, 0.3) is 0 Å². The minimum absolute atomic E-state index is 0.120. The number of aromatic nitrogens is 2. The highest BCUT2D eigenvalue weighted by molar-refractivity contribution is 5.31. The lowest BCUT2D eigenvalue weighted by atomic mass is 10.0. The fourth-order valence-corrected chi connectivity index (χ4v) is 2.23. The molecule has 3 nitrogen and oxygen atoms in total. The first-order valence-corrected chi connectivity index (χ1v) is 7.35. The highest BCUT2D eigenvalue weighted by Gasteiger charge is 2.15. The predicted molar refractivity (Wildman–Crippen MR) is 82.7 cm³/mol. The average Bonchev–Trinajstić information content (AvgIpc) is 2.49. The monoisotopic (exact) mass is 269 g/mol. The van der Waals surface area contributed by atoms with E-state index in [1.54, 1.807) is 0 Å². The lowest BCUT2D eigenvalue weighted by molar-refractivity contribution is 0.583. The first-order chi connectivity index (χ1) is 9.74. The molecule has 106 valence electrons. The molecule has 1 aromatic carbocycles. The van der Waals surface area contributed by atoms with Gasteiger partial charge in [0, 0.05) is 6.20 Å². The molecule has 0 fully saturated rings. The van der Waals surface area contributed by atoms with Gasteiger partial charge in [0.15, 0.2) is 0 Å². The van der Waals surface area contributed by atoms with Crippen molar-refractivity contribution in [1.82, 2.24) is 15.3 Å². The summed E-state index contributed by atoms with van der Waals surface area (Å²) in [5.74, 6) is 0. The molecule has 1 atom stereocenters. The summed E-state index contributed by atoms with van der Waals surface area (Å²) in [5, 5.41) is 3.57. The molecule has 0 aliphatic heterocycles. The van der Waals surface area contributed by atoms with Crippen LogP contribution in [0.15, 0.2) is 36.7 Å². The molecular formula is C17H23N3.